The summed E-state index contributed by atoms with van der Waals surface area (Å²) < 4.78 is 2.00. The van der Waals surface area contributed by atoms with E-state index in [-0.39, 0.29) is 5.91 Å². The molecule has 0 atom stereocenters. The third-order valence-electron chi connectivity index (χ3n) is 3.65. The first kappa shape index (κ1) is 14.6. The van der Waals surface area contributed by atoms with Gasteiger partial charge in [-0.3, -0.25) is 9.20 Å². The van der Waals surface area contributed by atoms with E-state index in [4.69, 9.17) is 0 Å². The lowest BCUT2D eigenvalue weighted by Gasteiger charge is -2.06. The number of aromatic nitrogens is 3. The molecule has 0 bridgehead atoms. The smallest absolute Gasteiger partial charge is 0.274 e. The fraction of sp³-hybridized carbons (Fsp3) is 0.0556. The lowest BCUT2D eigenvalue weighted by molar-refractivity contribution is 0.102. The van der Waals surface area contributed by atoms with Gasteiger partial charge in [0.25, 0.3) is 5.91 Å². The summed E-state index contributed by atoms with van der Waals surface area (Å²) in [7, 11) is 0. The normalized spacial score (nSPS) is 10.9. The highest BCUT2D eigenvalue weighted by molar-refractivity contribution is 7.15. The standard InChI is InChI=1S/C18H14N4OS/c1-12-3-2-4-15(19-12)17(23)20-14-7-5-13(6-8-14)16-11-22-9-10-24-18(22)21-16/h2-11H,1H3,(H,20,23). The van der Waals surface area contributed by atoms with Crippen LogP contribution in [-0.2, 0) is 0 Å². The van der Waals surface area contributed by atoms with Crippen LogP contribution in [0.15, 0.2) is 60.2 Å². The zero-order valence-electron chi connectivity index (χ0n) is 12.9. The van der Waals surface area contributed by atoms with Gasteiger partial charge in [0, 0.05) is 34.7 Å². The number of thiazole rings is 1. The van der Waals surface area contributed by atoms with Crippen LogP contribution in [0.25, 0.3) is 16.2 Å². The van der Waals surface area contributed by atoms with Crippen LogP contribution in [0.2, 0.25) is 0 Å². The highest BCUT2D eigenvalue weighted by Crippen LogP contribution is 2.23. The molecule has 0 aliphatic rings. The van der Waals surface area contributed by atoms with Crippen LogP contribution in [-0.4, -0.2) is 20.3 Å². The van der Waals surface area contributed by atoms with Gasteiger partial charge in [-0.2, -0.15) is 0 Å². The zero-order valence-corrected chi connectivity index (χ0v) is 13.7. The van der Waals surface area contributed by atoms with Crippen molar-refractivity contribution in [1.29, 1.82) is 0 Å². The van der Waals surface area contributed by atoms with Gasteiger partial charge in [-0.25, -0.2) is 9.97 Å². The Balaban J connectivity index is 1.53. The number of anilines is 1. The minimum absolute atomic E-state index is 0.214. The number of hydrogen-bond acceptors (Lipinski definition) is 4. The highest BCUT2D eigenvalue weighted by atomic mass is 32.1. The number of pyridine rings is 1. The first-order valence-electron chi connectivity index (χ1n) is 7.47. The van der Waals surface area contributed by atoms with Crippen molar-refractivity contribution >= 4 is 27.9 Å². The maximum absolute atomic E-state index is 12.2. The Morgan fingerprint density at radius 3 is 2.71 bits per heavy atom. The molecule has 3 aromatic heterocycles. The van der Waals surface area contributed by atoms with E-state index in [1.54, 1.807) is 17.4 Å². The first-order chi connectivity index (χ1) is 11.7. The SMILES string of the molecule is Cc1cccc(C(=O)Nc2ccc(-c3cn4ccsc4n3)cc2)n1. The molecule has 1 N–H and O–H groups in total. The lowest BCUT2D eigenvalue weighted by atomic mass is 10.1. The van der Waals surface area contributed by atoms with Crippen LogP contribution >= 0.6 is 11.3 Å². The fourth-order valence-corrected chi connectivity index (χ4v) is 3.16. The topological polar surface area (TPSA) is 59.3 Å². The molecule has 0 aliphatic carbocycles. The molecule has 4 aromatic rings. The summed E-state index contributed by atoms with van der Waals surface area (Å²) in [6.45, 7) is 1.86. The van der Waals surface area contributed by atoms with Gasteiger partial charge in [0.1, 0.15) is 5.69 Å². The van der Waals surface area contributed by atoms with Gasteiger partial charge in [-0.1, -0.05) is 18.2 Å². The van der Waals surface area contributed by atoms with Gasteiger partial charge in [0.05, 0.1) is 5.69 Å². The van der Waals surface area contributed by atoms with E-state index in [2.05, 4.69) is 15.3 Å². The average molecular weight is 334 g/mol. The Morgan fingerprint density at radius 2 is 1.96 bits per heavy atom. The number of fused-ring (bicyclic) bond motifs is 1. The number of carbonyl (C=O) groups excluding carboxylic acids is 1. The van der Waals surface area contributed by atoms with E-state index in [0.717, 1.165) is 27.6 Å². The van der Waals surface area contributed by atoms with Crippen molar-refractivity contribution in [3.8, 4) is 11.3 Å². The molecule has 4 rings (SSSR count). The van der Waals surface area contributed by atoms with Crippen molar-refractivity contribution < 1.29 is 4.79 Å². The lowest BCUT2D eigenvalue weighted by Crippen LogP contribution is -2.13. The predicted molar refractivity (Wildman–Crippen MR) is 95.4 cm³/mol. The minimum Gasteiger partial charge on any atom is -0.321 e. The summed E-state index contributed by atoms with van der Waals surface area (Å²) in [5.74, 6) is -0.214. The van der Waals surface area contributed by atoms with Crippen LogP contribution in [0.4, 0.5) is 5.69 Å². The molecule has 118 valence electrons. The molecular formula is C18H14N4OS. The second kappa shape index (κ2) is 5.90. The van der Waals surface area contributed by atoms with Crippen LogP contribution in [0.5, 0.6) is 0 Å². The number of carbonyl (C=O) groups is 1. The molecule has 0 aliphatic heterocycles. The van der Waals surface area contributed by atoms with Gasteiger partial charge in [0.15, 0.2) is 4.96 Å². The molecule has 24 heavy (non-hydrogen) atoms. The number of amides is 1. The van der Waals surface area contributed by atoms with Crippen molar-refractivity contribution in [2.45, 2.75) is 6.92 Å². The summed E-state index contributed by atoms with van der Waals surface area (Å²) in [5.41, 5.74) is 3.89. The first-order valence-corrected chi connectivity index (χ1v) is 8.35. The van der Waals surface area contributed by atoms with E-state index >= 15 is 0 Å². The number of aryl methyl sites for hydroxylation is 1. The number of nitrogens with zero attached hydrogens (tertiary/aromatic N) is 3. The van der Waals surface area contributed by atoms with Crippen molar-refractivity contribution in [3.63, 3.8) is 0 Å². The third kappa shape index (κ3) is 2.79. The second-order valence-electron chi connectivity index (χ2n) is 5.41. The summed E-state index contributed by atoms with van der Waals surface area (Å²) in [5, 5.41) is 4.86. The maximum atomic E-state index is 12.2. The molecule has 3 heterocycles. The predicted octanol–water partition coefficient (Wildman–Crippen LogP) is 4.02. The summed E-state index contributed by atoms with van der Waals surface area (Å²) in [6, 6.07) is 13.0. The molecule has 1 amide bonds. The number of benzene rings is 1. The van der Waals surface area contributed by atoms with Crippen molar-refractivity contribution in [3.05, 3.63) is 71.6 Å². The Kier molecular flexibility index (Phi) is 3.59. The molecule has 5 nitrogen and oxygen atoms in total. The molecule has 0 radical (unpaired) electrons. The third-order valence-corrected chi connectivity index (χ3v) is 4.42. The Hall–Kier alpha value is -2.99. The molecule has 1 aromatic carbocycles. The maximum Gasteiger partial charge on any atom is 0.274 e. The van der Waals surface area contributed by atoms with Gasteiger partial charge >= 0.3 is 0 Å². The zero-order chi connectivity index (χ0) is 16.5. The highest BCUT2D eigenvalue weighted by Gasteiger charge is 2.09. The van der Waals surface area contributed by atoms with E-state index in [1.807, 2.05) is 65.5 Å². The fourth-order valence-electron chi connectivity index (χ4n) is 2.46. The van der Waals surface area contributed by atoms with Gasteiger partial charge in [0.2, 0.25) is 0 Å². The van der Waals surface area contributed by atoms with Crippen LogP contribution in [0, 0.1) is 6.92 Å². The quantitative estimate of drug-likeness (QED) is 0.615. The number of nitrogens with one attached hydrogen (secondary N) is 1. The Bertz CT molecular complexity index is 988. The van der Waals surface area contributed by atoms with E-state index in [1.165, 1.54) is 0 Å². The summed E-state index contributed by atoms with van der Waals surface area (Å²) in [4.78, 5) is 22.0. The Morgan fingerprint density at radius 1 is 1.12 bits per heavy atom. The average Bonchev–Trinajstić information content (AvgIpc) is 3.17. The van der Waals surface area contributed by atoms with E-state index in [9.17, 15) is 4.79 Å². The monoisotopic (exact) mass is 334 g/mol. The Labute approximate surface area is 142 Å². The van der Waals surface area contributed by atoms with Gasteiger partial charge in [-0.15, -0.1) is 11.3 Å². The molecule has 0 unspecified atom stereocenters. The molecular weight excluding hydrogens is 320 g/mol. The number of imidazole rings is 1. The molecule has 0 saturated heterocycles. The molecule has 0 fully saturated rings. The second-order valence-corrected chi connectivity index (χ2v) is 6.29. The number of hydrogen-bond donors (Lipinski definition) is 1. The molecule has 0 saturated carbocycles. The van der Waals surface area contributed by atoms with Crippen LogP contribution < -0.4 is 5.32 Å². The van der Waals surface area contributed by atoms with Crippen LogP contribution in [0.1, 0.15) is 16.2 Å². The van der Waals surface area contributed by atoms with Crippen molar-refractivity contribution in [2.24, 2.45) is 0 Å². The van der Waals surface area contributed by atoms with Gasteiger partial charge < -0.3 is 5.32 Å². The summed E-state index contributed by atoms with van der Waals surface area (Å²) >= 11 is 1.60. The van der Waals surface area contributed by atoms with Crippen LogP contribution in [0.3, 0.4) is 0 Å². The molecule has 0 spiro atoms. The van der Waals surface area contributed by atoms with E-state index < -0.39 is 0 Å². The molecule has 6 heteroatoms. The van der Waals surface area contributed by atoms with E-state index in [0.29, 0.717) is 5.69 Å². The number of rotatable bonds is 3. The van der Waals surface area contributed by atoms with Crippen molar-refractivity contribution in [2.75, 3.05) is 5.32 Å². The van der Waals surface area contributed by atoms with Gasteiger partial charge in [-0.05, 0) is 31.2 Å². The minimum atomic E-state index is -0.214. The summed E-state index contributed by atoms with van der Waals surface area (Å²) in [6.07, 6.45) is 3.98. The largest absolute Gasteiger partial charge is 0.321 e. The van der Waals surface area contributed by atoms with Crippen molar-refractivity contribution in [1.82, 2.24) is 14.4 Å².